The lowest BCUT2D eigenvalue weighted by Crippen LogP contribution is -1.86. The Balaban J connectivity index is 2.34. The van der Waals surface area contributed by atoms with Crippen LogP contribution in [0.1, 0.15) is 5.69 Å². The van der Waals surface area contributed by atoms with E-state index in [0.717, 1.165) is 17.1 Å². The van der Waals surface area contributed by atoms with E-state index in [1.807, 2.05) is 30.3 Å². The van der Waals surface area contributed by atoms with Crippen molar-refractivity contribution >= 4 is 6.21 Å². The number of hydrogen-bond acceptors (Lipinski definition) is 3. The zero-order valence-electron chi connectivity index (χ0n) is 7.51. The SMILES string of the molecule is NN=Cc1cnc(-c2ccccc2)[nH]1. The van der Waals surface area contributed by atoms with Crippen molar-refractivity contribution in [3.8, 4) is 11.4 Å². The predicted molar refractivity (Wildman–Crippen MR) is 55.8 cm³/mol. The van der Waals surface area contributed by atoms with E-state index in [4.69, 9.17) is 5.84 Å². The van der Waals surface area contributed by atoms with Crippen LogP contribution in [0.3, 0.4) is 0 Å². The molecule has 0 bridgehead atoms. The summed E-state index contributed by atoms with van der Waals surface area (Å²) < 4.78 is 0. The van der Waals surface area contributed by atoms with Gasteiger partial charge in [0.25, 0.3) is 0 Å². The van der Waals surface area contributed by atoms with Crippen LogP contribution in [0.15, 0.2) is 41.6 Å². The molecule has 0 aliphatic carbocycles. The molecule has 3 N–H and O–H groups in total. The average molecular weight is 186 g/mol. The zero-order valence-corrected chi connectivity index (χ0v) is 7.51. The smallest absolute Gasteiger partial charge is 0.137 e. The molecule has 0 fully saturated rings. The molecular formula is C10H10N4. The third-order valence-electron chi connectivity index (χ3n) is 1.86. The van der Waals surface area contributed by atoms with Crippen LogP contribution in [0, 0.1) is 0 Å². The minimum atomic E-state index is 0.798. The van der Waals surface area contributed by atoms with Gasteiger partial charge < -0.3 is 10.8 Å². The molecule has 0 radical (unpaired) electrons. The van der Waals surface area contributed by atoms with Gasteiger partial charge in [-0.2, -0.15) is 5.10 Å². The lowest BCUT2D eigenvalue weighted by molar-refractivity contribution is 1.25. The Hall–Kier alpha value is -2.10. The molecule has 0 unspecified atom stereocenters. The number of benzene rings is 1. The maximum absolute atomic E-state index is 5.03. The molecule has 0 aliphatic heterocycles. The first-order chi connectivity index (χ1) is 6.90. The lowest BCUT2D eigenvalue weighted by atomic mass is 10.2. The third kappa shape index (κ3) is 1.64. The van der Waals surface area contributed by atoms with Crippen LogP contribution in [0.5, 0.6) is 0 Å². The number of H-pyrrole nitrogens is 1. The molecule has 4 nitrogen and oxygen atoms in total. The van der Waals surface area contributed by atoms with Gasteiger partial charge in [0.15, 0.2) is 0 Å². The second-order valence-electron chi connectivity index (χ2n) is 2.83. The van der Waals surface area contributed by atoms with Gasteiger partial charge in [-0.3, -0.25) is 0 Å². The van der Waals surface area contributed by atoms with Gasteiger partial charge in [-0.15, -0.1) is 0 Å². The van der Waals surface area contributed by atoms with Crippen LogP contribution >= 0.6 is 0 Å². The second-order valence-corrected chi connectivity index (χ2v) is 2.83. The largest absolute Gasteiger partial charge is 0.337 e. The van der Waals surface area contributed by atoms with Crippen molar-refractivity contribution in [3.63, 3.8) is 0 Å². The molecule has 70 valence electrons. The first-order valence-corrected chi connectivity index (χ1v) is 4.24. The van der Waals surface area contributed by atoms with Crippen LogP contribution in [0.25, 0.3) is 11.4 Å². The highest BCUT2D eigenvalue weighted by atomic mass is 15.1. The van der Waals surface area contributed by atoms with Crippen molar-refractivity contribution in [2.45, 2.75) is 0 Å². The fourth-order valence-electron chi connectivity index (χ4n) is 1.22. The summed E-state index contributed by atoms with van der Waals surface area (Å²) in [5, 5.41) is 3.42. The van der Waals surface area contributed by atoms with Gasteiger partial charge in [-0.1, -0.05) is 30.3 Å². The van der Waals surface area contributed by atoms with Crippen molar-refractivity contribution < 1.29 is 0 Å². The minimum absolute atomic E-state index is 0.798. The number of rotatable bonds is 2. The summed E-state index contributed by atoms with van der Waals surface area (Å²) >= 11 is 0. The molecule has 0 saturated heterocycles. The van der Waals surface area contributed by atoms with Gasteiger partial charge in [0.05, 0.1) is 18.1 Å². The van der Waals surface area contributed by atoms with E-state index in [2.05, 4.69) is 15.1 Å². The van der Waals surface area contributed by atoms with Crippen molar-refractivity contribution in [2.24, 2.45) is 10.9 Å². The highest BCUT2D eigenvalue weighted by Crippen LogP contribution is 2.13. The van der Waals surface area contributed by atoms with Crippen LogP contribution in [0.4, 0.5) is 0 Å². The Morgan fingerprint density at radius 2 is 2.07 bits per heavy atom. The second kappa shape index (κ2) is 3.74. The molecule has 1 aromatic heterocycles. The van der Waals surface area contributed by atoms with E-state index in [1.165, 1.54) is 6.21 Å². The number of nitrogens with zero attached hydrogens (tertiary/aromatic N) is 2. The quantitative estimate of drug-likeness (QED) is 0.422. The Labute approximate surface area is 81.5 Å². The van der Waals surface area contributed by atoms with E-state index in [1.54, 1.807) is 6.20 Å². The fourth-order valence-corrected chi connectivity index (χ4v) is 1.22. The van der Waals surface area contributed by atoms with Crippen molar-refractivity contribution in [3.05, 3.63) is 42.2 Å². The molecule has 14 heavy (non-hydrogen) atoms. The number of aromatic amines is 1. The van der Waals surface area contributed by atoms with Crippen LogP contribution in [-0.4, -0.2) is 16.2 Å². The number of hydrazone groups is 1. The first kappa shape index (κ1) is 8.50. The molecule has 0 saturated carbocycles. The molecule has 0 atom stereocenters. The summed E-state index contributed by atoms with van der Waals surface area (Å²) in [6.45, 7) is 0. The van der Waals surface area contributed by atoms with E-state index in [9.17, 15) is 0 Å². The Morgan fingerprint density at radius 3 is 2.79 bits per heavy atom. The van der Waals surface area contributed by atoms with Gasteiger partial charge in [0.1, 0.15) is 5.82 Å². The van der Waals surface area contributed by atoms with Gasteiger partial charge in [-0.05, 0) is 0 Å². The Bertz CT molecular complexity index is 430. The number of nitrogens with two attached hydrogens (primary N) is 1. The summed E-state index contributed by atoms with van der Waals surface area (Å²) in [6.07, 6.45) is 3.22. The lowest BCUT2D eigenvalue weighted by Gasteiger charge is -1.93. The van der Waals surface area contributed by atoms with E-state index < -0.39 is 0 Å². The molecule has 2 rings (SSSR count). The predicted octanol–water partition coefficient (Wildman–Crippen LogP) is 1.37. The van der Waals surface area contributed by atoms with E-state index >= 15 is 0 Å². The molecule has 1 heterocycles. The number of aromatic nitrogens is 2. The first-order valence-electron chi connectivity index (χ1n) is 4.24. The standard InChI is InChI=1S/C10H10N4/c11-13-7-9-6-12-10(14-9)8-4-2-1-3-5-8/h1-7H,11H2,(H,12,14). The van der Waals surface area contributed by atoms with Crippen LogP contribution in [-0.2, 0) is 0 Å². The maximum atomic E-state index is 5.03. The number of nitrogens with one attached hydrogen (secondary N) is 1. The van der Waals surface area contributed by atoms with Crippen molar-refractivity contribution in [1.29, 1.82) is 0 Å². The van der Waals surface area contributed by atoms with Gasteiger partial charge in [0, 0.05) is 5.56 Å². The Morgan fingerprint density at radius 1 is 1.29 bits per heavy atom. The van der Waals surface area contributed by atoms with Crippen LogP contribution in [0.2, 0.25) is 0 Å². The van der Waals surface area contributed by atoms with Gasteiger partial charge >= 0.3 is 0 Å². The minimum Gasteiger partial charge on any atom is -0.337 e. The number of hydrogen-bond donors (Lipinski definition) is 2. The zero-order chi connectivity index (χ0) is 9.80. The molecular weight excluding hydrogens is 176 g/mol. The summed E-state index contributed by atoms with van der Waals surface area (Å²) in [7, 11) is 0. The average Bonchev–Trinajstić information content (AvgIpc) is 2.68. The van der Waals surface area contributed by atoms with Gasteiger partial charge in [-0.25, -0.2) is 4.98 Å². The van der Waals surface area contributed by atoms with Crippen LogP contribution < -0.4 is 5.84 Å². The van der Waals surface area contributed by atoms with E-state index in [0.29, 0.717) is 0 Å². The number of imidazole rings is 1. The molecule has 1 aromatic carbocycles. The molecule has 0 amide bonds. The molecule has 0 aliphatic rings. The maximum Gasteiger partial charge on any atom is 0.137 e. The monoisotopic (exact) mass is 186 g/mol. The summed E-state index contributed by atoms with van der Waals surface area (Å²) in [5.41, 5.74) is 1.84. The molecule has 0 spiro atoms. The molecule has 4 heteroatoms. The topological polar surface area (TPSA) is 67.1 Å². The highest BCUT2D eigenvalue weighted by Gasteiger charge is 2.00. The Kier molecular flexibility index (Phi) is 2.27. The molecule has 2 aromatic rings. The van der Waals surface area contributed by atoms with E-state index in [-0.39, 0.29) is 0 Å². The normalized spacial score (nSPS) is 10.9. The van der Waals surface area contributed by atoms with Crippen molar-refractivity contribution in [2.75, 3.05) is 0 Å². The highest BCUT2D eigenvalue weighted by molar-refractivity contribution is 5.77. The van der Waals surface area contributed by atoms with Gasteiger partial charge in [0.2, 0.25) is 0 Å². The summed E-state index contributed by atoms with van der Waals surface area (Å²) in [4.78, 5) is 7.29. The van der Waals surface area contributed by atoms with Crippen molar-refractivity contribution in [1.82, 2.24) is 9.97 Å². The fraction of sp³-hybridized carbons (Fsp3) is 0. The summed E-state index contributed by atoms with van der Waals surface area (Å²) in [5.74, 6) is 5.85. The summed E-state index contributed by atoms with van der Waals surface area (Å²) in [6, 6.07) is 9.88. The third-order valence-corrected chi connectivity index (χ3v) is 1.86.